The Kier molecular flexibility index (Phi) is 6.25. The van der Waals surface area contributed by atoms with Crippen LogP contribution in [-0.2, 0) is 13.1 Å². The summed E-state index contributed by atoms with van der Waals surface area (Å²) in [6, 6.07) is 23.5. The SMILES string of the molecule is Fc1ccc(-c2nccc3[nH]c(-c4[nH]nc5c(F)cc(-c6cncc(CNCc7ccccc7)c6)cc45)nc23)cc1. The first kappa shape index (κ1) is 24.7. The molecule has 7 nitrogen and oxygen atoms in total. The Hall–Kier alpha value is -5.28. The Labute approximate surface area is 233 Å². The number of rotatable bonds is 7. The molecule has 0 atom stereocenters. The molecule has 0 amide bonds. The third-order valence-corrected chi connectivity index (χ3v) is 7.00. The fourth-order valence-corrected chi connectivity index (χ4v) is 4.98. The zero-order valence-corrected chi connectivity index (χ0v) is 21.7. The zero-order chi connectivity index (χ0) is 27.8. The van der Waals surface area contributed by atoms with Gasteiger partial charge in [-0.1, -0.05) is 30.3 Å². The van der Waals surface area contributed by atoms with Crippen LogP contribution in [-0.4, -0.2) is 30.1 Å². The van der Waals surface area contributed by atoms with Gasteiger partial charge in [0.1, 0.15) is 22.5 Å². The van der Waals surface area contributed by atoms with Crippen molar-refractivity contribution < 1.29 is 8.78 Å². The molecule has 0 fully saturated rings. The Balaban J connectivity index is 1.22. The number of nitrogens with one attached hydrogen (secondary N) is 3. The first-order valence-corrected chi connectivity index (χ1v) is 13.1. The van der Waals surface area contributed by atoms with Crippen LogP contribution in [0.4, 0.5) is 8.78 Å². The zero-order valence-electron chi connectivity index (χ0n) is 21.7. The number of nitrogens with zero attached hydrogens (tertiary/aromatic N) is 4. The number of aromatic nitrogens is 6. The Bertz CT molecular complexity index is 2000. The van der Waals surface area contributed by atoms with Crippen molar-refractivity contribution in [3.05, 3.63) is 120 Å². The molecular weight excluding hydrogens is 520 g/mol. The summed E-state index contributed by atoms with van der Waals surface area (Å²) in [6.07, 6.45) is 5.20. The van der Waals surface area contributed by atoms with Crippen LogP contribution in [0.2, 0.25) is 0 Å². The van der Waals surface area contributed by atoms with Crippen LogP contribution < -0.4 is 5.32 Å². The quantitative estimate of drug-likeness (QED) is 0.206. The Morgan fingerprint density at radius 2 is 1.59 bits per heavy atom. The molecule has 0 spiro atoms. The van der Waals surface area contributed by atoms with Gasteiger partial charge in [0.25, 0.3) is 0 Å². The Morgan fingerprint density at radius 1 is 0.756 bits per heavy atom. The lowest BCUT2D eigenvalue weighted by atomic mass is 10.0. The summed E-state index contributed by atoms with van der Waals surface area (Å²) in [5.41, 5.74) is 7.15. The van der Waals surface area contributed by atoms with Crippen molar-refractivity contribution in [1.29, 1.82) is 0 Å². The van der Waals surface area contributed by atoms with E-state index in [4.69, 9.17) is 4.98 Å². The molecule has 9 heteroatoms. The molecule has 0 bridgehead atoms. The van der Waals surface area contributed by atoms with E-state index in [9.17, 15) is 4.39 Å². The van der Waals surface area contributed by atoms with Crippen molar-refractivity contribution in [2.75, 3.05) is 0 Å². The first-order chi connectivity index (χ1) is 20.1. The molecule has 4 heterocycles. The van der Waals surface area contributed by atoms with Crippen LogP contribution in [0.1, 0.15) is 11.1 Å². The van der Waals surface area contributed by atoms with E-state index in [-0.39, 0.29) is 11.3 Å². The molecule has 0 aliphatic carbocycles. The number of H-pyrrole nitrogens is 2. The van der Waals surface area contributed by atoms with E-state index in [1.54, 1.807) is 30.7 Å². The lowest BCUT2D eigenvalue weighted by molar-refractivity contribution is 0.628. The van der Waals surface area contributed by atoms with Crippen molar-refractivity contribution in [3.8, 4) is 33.9 Å². The summed E-state index contributed by atoms with van der Waals surface area (Å²) in [6.45, 7) is 1.36. The van der Waals surface area contributed by atoms with Gasteiger partial charge in [-0.2, -0.15) is 5.10 Å². The summed E-state index contributed by atoms with van der Waals surface area (Å²) in [5, 5.41) is 11.2. The summed E-state index contributed by atoms with van der Waals surface area (Å²) in [5.74, 6) is -0.278. The molecule has 0 aliphatic rings. The number of hydrogen-bond donors (Lipinski definition) is 3. The van der Waals surface area contributed by atoms with Crippen molar-refractivity contribution in [3.63, 3.8) is 0 Å². The normalized spacial score (nSPS) is 11.5. The maximum absolute atomic E-state index is 15.3. The molecular formula is C32H23F2N7. The monoisotopic (exact) mass is 543 g/mol. The fourth-order valence-electron chi connectivity index (χ4n) is 4.98. The van der Waals surface area contributed by atoms with Crippen molar-refractivity contribution in [2.45, 2.75) is 13.1 Å². The van der Waals surface area contributed by atoms with E-state index in [2.05, 4.69) is 42.6 Å². The summed E-state index contributed by atoms with van der Waals surface area (Å²) in [7, 11) is 0. The van der Waals surface area contributed by atoms with Crippen LogP contribution in [0.5, 0.6) is 0 Å². The molecule has 3 aromatic carbocycles. The third-order valence-electron chi connectivity index (χ3n) is 7.00. The van der Waals surface area contributed by atoms with E-state index in [0.29, 0.717) is 40.2 Å². The van der Waals surface area contributed by atoms with Gasteiger partial charge in [0.2, 0.25) is 0 Å². The predicted molar refractivity (Wildman–Crippen MR) is 155 cm³/mol. The predicted octanol–water partition coefficient (Wildman–Crippen LogP) is 6.80. The van der Waals surface area contributed by atoms with Crippen LogP contribution in [0, 0.1) is 11.6 Å². The second-order valence-electron chi connectivity index (χ2n) is 9.77. The average Bonchev–Trinajstić information content (AvgIpc) is 3.63. The molecule has 7 rings (SSSR count). The minimum absolute atomic E-state index is 0.217. The van der Waals surface area contributed by atoms with E-state index < -0.39 is 5.82 Å². The van der Waals surface area contributed by atoms with Gasteiger partial charge in [0, 0.05) is 48.2 Å². The van der Waals surface area contributed by atoms with Gasteiger partial charge in [-0.3, -0.25) is 15.1 Å². The number of fused-ring (bicyclic) bond motifs is 2. The summed E-state index contributed by atoms with van der Waals surface area (Å²) in [4.78, 5) is 17.0. The molecule has 0 saturated carbocycles. The highest BCUT2D eigenvalue weighted by Gasteiger charge is 2.18. The molecule has 200 valence electrons. The number of hydrogen-bond acceptors (Lipinski definition) is 5. The summed E-state index contributed by atoms with van der Waals surface area (Å²) < 4.78 is 28.8. The minimum atomic E-state index is -0.447. The second-order valence-corrected chi connectivity index (χ2v) is 9.77. The van der Waals surface area contributed by atoms with E-state index >= 15 is 4.39 Å². The molecule has 0 saturated heterocycles. The number of imidazole rings is 1. The lowest BCUT2D eigenvalue weighted by Crippen LogP contribution is -2.12. The third kappa shape index (κ3) is 4.83. The fraction of sp³-hybridized carbons (Fsp3) is 0.0625. The molecule has 0 radical (unpaired) electrons. The van der Waals surface area contributed by atoms with E-state index in [1.807, 2.05) is 36.4 Å². The highest BCUT2D eigenvalue weighted by atomic mass is 19.1. The van der Waals surface area contributed by atoms with Crippen LogP contribution in [0.25, 0.3) is 55.8 Å². The van der Waals surface area contributed by atoms with Gasteiger partial charge in [-0.15, -0.1) is 0 Å². The van der Waals surface area contributed by atoms with Crippen LogP contribution in [0.15, 0.2) is 97.5 Å². The molecule has 0 unspecified atom stereocenters. The molecule has 41 heavy (non-hydrogen) atoms. The van der Waals surface area contributed by atoms with Crippen LogP contribution in [0.3, 0.4) is 0 Å². The average molecular weight is 544 g/mol. The number of aromatic amines is 2. The molecule has 0 aliphatic heterocycles. The maximum Gasteiger partial charge on any atom is 0.157 e. The van der Waals surface area contributed by atoms with E-state index in [0.717, 1.165) is 28.8 Å². The van der Waals surface area contributed by atoms with Gasteiger partial charge in [-0.25, -0.2) is 13.8 Å². The molecule has 4 aromatic heterocycles. The van der Waals surface area contributed by atoms with Crippen molar-refractivity contribution in [2.24, 2.45) is 0 Å². The number of halogens is 2. The van der Waals surface area contributed by atoms with Gasteiger partial charge in [0.15, 0.2) is 11.6 Å². The highest BCUT2D eigenvalue weighted by Crippen LogP contribution is 2.33. The number of pyridine rings is 2. The minimum Gasteiger partial charge on any atom is -0.337 e. The smallest absolute Gasteiger partial charge is 0.157 e. The highest BCUT2D eigenvalue weighted by molar-refractivity contribution is 5.97. The molecule has 7 aromatic rings. The maximum atomic E-state index is 15.3. The Morgan fingerprint density at radius 3 is 2.44 bits per heavy atom. The first-order valence-electron chi connectivity index (χ1n) is 13.1. The second kappa shape index (κ2) is 10.4. The largest absolute Gasteiger partial charge is 0.337 e. The van der Waals surface area contributed by atoms with Gasteiger partial charge in [-0.05, 0) is 65.2 Å². The standard InChI is InChI=1S/C32H23F2N7/c33-24-8-6-21(7-9-24)28-31-27(10-11-37-28)38-32(39-31)30-25-13-22(14-26(34)29(25)40-41-30)23-12-20(17-36-18-23)16-35-15-19-4-2-1-3-5-19/h1-14,17-18,35H,15-16H2,(H,38,39)(H,40,41). The van der Waals surface area contributed by atoms with Gasteiger partial charge in [0.05, 0.1) is 11.2 Å². The topological polar surface area (TPSA) is 95.2 Å². The lowest BCUT2D eigenvalue weighted by Gasteiger charge is -2.08. The van der Waals surface area contributed by atoms with Crippen molar-refractivity contribution >= 4 is 21.9 Å². The van der Waals surface area contributed by atoms with Crippen molar-refractivity contribution in [1.82, 2.24) is 35.5 Å². The van der Waals surface area contributed by atoms with Gasteiger partial charge >= 0.3 is 0 Å². The van der Waals surface area contributed by atoms with Crippen LogP contribution >= 0.6 is 0 Å². The number of benzene rings is 3. The molecule has 3 N–H and O–H groups in total. The van der Waals surface area contributed by atoms with E-state index in [1.165, 1.54) is 23.8 Å². The van der Waals surface area contributed by atoms with Gasteiger partial charge < -0.3 is 10.3 Å². The summed E-state index contributed by atoms with van der Waals surface area (Å²) >= 11 is 0.